The molecule has 1 saturated carbocycles. The molecule has 3 aromatic rings. The Morgan fingerprint density at radius 1 is 0.806 bits per heavy atom. The fourth-order valence-electron chi connectivity index (χ4n) is 5.20. The first-order valence-corrected chi connectivity index (χ1v) is 13.0. The lowest BCUT2D eigenvalue weighted by molar-refractivity contribution is 0.122. The van der Waals surface area contributed by atoms with Gasteiger partial charge in [0.1, 0.15) is 17.1 Å². The molecule has 0 spiro atoms. The summed E-state index contributed by atoms with van der Waals surface area (Å²) in [4.78, 5) is 22.9. The largest absolute Gasteiger partial charge is 0.488 e. The van der Waals surface area contributed by atoms with Crippen molar-refractivity contribution < 1.29 is 14.2 Å². The molecule has 0 amide bonds. The van der Waals surface area contributed by atoms with E-state index in [1.165, 1.54) is 0 Å². The van der Waals surface area contributed by atoms with E-state index in [0.717, 1.165) is 107 Å². The summed E-state index contributed by atoms with van der Waals surface area (Å²) in [6.07, 6.45) is 9.38. The number of hydrogen-bond acceptors (Lipinski definition) is 10. The van der Waals surface area contributed by atoms with Crippen LogP contribution in [0.2, 0.25) is 0 Å². The average Bonchev–Trinajstić information content (AvgIpc) is 2.95. The van der Waals surface area contributed by atoms with Gasteiger partial charge in [-0.05, 0) is 37.8 Å². The minimum absolute atomic E-state index is 0.147. The van der Waals surface area contributed by atoms with E-state index in [-0.39, 0.29) is 6.10 Å². The molecule has 6 rings (SSSR count). The smallest absolute Gasteiger partial charge is 0.224 e. The van der Waals surface area contributed by atoms with Gasteiger partial charge in [-0.1, -0.05) is 0 Å². The standard InChI is InChI=1S/C26H33N7O3/c1-3-21(4-2-19(1)30-26-29-6-5-24(31-26)33-11-15-35-16-12-33)36-23-18-20(32-9-13-34-14-10-32)17-22-25(23)28-8-7-27-22/h5-8,17-19,21H,1-4,9-16H2,(H,29,30,31)/t19-,21+. The molecule has 3 aliphatic rings. The van der Waals surface area contributed by atoms with Gasteiger partial charge in [0, 0.05) is 62.6 Å². The highest BCUT2D eigenvalue weighted by molar-refractivity contribution is 5.85. The van der Waals surface area contributed by atoms with Gasteiger partial charge in [-0.15, -0.1) is 0 Å². The molecular formula is C26H33N7O3. The molecule has 0 unspecified atom stereocenters. The van der Waals surface area contributed by atoms with Gasteiger partial charge in [0.05, 0.1) is 38.0 Å². The molecule has 190 valence electrons. The maximum absolute atomic E-state index is 6.56. The van der Waals surface area contributed by atoms with Crippen LogP contribution in [0.25, 0.3) is 11.0 Å². The Kier molecular flexibility index (Phi) is 6.95. The van der Waals surface area contributed by atoms with Crippen molar-refractivity contribution in [2.75, 3.05) is 67.7 Å². The van der Waals surface area contributed by atoms with Gasteiger partial charge in [-0.3, -0.25) is 4.98 Å². The van der Waals surface area contributed by atoms with Gasteiger partial charge in [0.25, 0.3) is 0 Å². The molecule has 10 heteroatoms. The first-order chi connectivity index (χ1) is 17.8. The molecule has 0 bridgehead atoms. The highest BCUT2D eigenvalue weighted by Gasteiger charge is 2.25. The van der Waals surface area contributed by atoms with Gasteiger partial charge >= 0.3 is 0 Å². The monoisotopic (exact) mass is 491 g/mol. The predicted molar refractivity (Wildman–Crippen MR) is 138 cm³/mol. The van der Waals surface area contributed by atoms with Crippen LogP contribution in [0, 0.1) is 0 Å². The Labute approximate surface area is 211 Å². The summed E-state index contributed by atoms with van der Waals surface area (Å²) in [5.41, 5.74) is 2.81. The normalized spacial score (nSPS) is 23.0. The average molecular weight is 492 g/mol. The minimum atomic E-state index is 0.147. The van der Waals surface area contributed by atoms with Crippen LogP contribution in [0.5, 0.6) is 5.75 Å². The molecule has 3 fully saturated rings. The molecule has 36 heavy (non-hydrogen) atoms. The van der Waals surface area contributed by atoms with Crippen LogP contribution >= 0.6 is 0 Å². The number of anilines is 3. The highest BCUT2D eigenvalue weighted by atomic mass is 16.5. The molecule has 4 heterocycles. The highest BCUT2D eigenvalue weighted by Crippen LogP contribution is 2.33. The number of hydrogen-bond donors (Lipinski definition) is 1. The van der Waals surface area contributed by atoms with Crippen LogP contribution in [0.15, 0.2) is 36.8 Å². The molecule has 2 saturated heterocycles. The zero-order valence-electron chi connectivity index (χ0n) is 20.5. The maximum atomic E-state index is 6.56. The van der Waals surface area contributed by atoms with Crippen molar-refractivity contribution in [3.8, 4) is 5.75 Å². The number of morpholine rings is 2. The van der Waals surface area contributed by atoms with Crippen molar-refractivity contribution in [2.45, 2.75) is 37.8 Å². The third-order valence-electron chi connectivity index (χ3n) is 7.18. The Hall–Kier alpha value is -3.24. The van der Waals surface area contributed by atoms with E-state index in [4.69, 9.17) is 19.2 Å². The zero-order chi connectivity index (χ0) is 24.2. The van der Waals surface area contributed by atoms with Crippen LogP contribution in [0.3, 0.4) is 0 Å². The molecule has 0 radical (unpaired) electrons. The number of rotatable bonds is 6. The predicted octanol–water partition coefficient (Wildman–Crippen LogP) is 2.90. The van der Waals surface area contributed by atoms with Gasteiger partial charge < -0.3 is 29.3 Å². The van der Waals surface area contributed by atoms with Crippen LogP contribution in [0.4, 0.5) is 17.5 Å². The van der Waals surface area contributed by atoms with Gasteiger partial charge in [0.15, 0.2) is 0 Å². The van der Waals surface area contributed by atoms with E-state index in [1.54, 1.807) is 12.4 Å². The first-order valence-electron chi connectivity index (χ1n) is 13.0. The van der Waals surface area contributed by atoms with E-state index in [1.807, 2.05) is 12.3 Å². The maximum Gasteiger partial charge on any atom is 0.224 e. The van der Waals surface area contributed by atoms with Crippen molar-refractivity contribution in [3.05, 3.63) is 36.8 Å². The van der Waals surface area contributed by atoms with E-state index >= 15 is 0 Å². The molecule has 2 aromatic heterocycles. The fraction of sp³-hybridized carbons (Fsp3) is 0.538. The summed E-state index contributed by atoms with van der Waals surface area (Å²) in [7, 11) is 0. The Balaban J connectivity index is 1.10. The van der Waals surface area contributed by atoms with Gasteiger partial charge in [-0.25, -0.2) is 9.97 Å². The number of nitrogens with one attached hydrogen (secondary N) is 1. The third kappa shape index (κ3) is 5.29. The fourth-order valence-corrected chi connectivity index (χ4v) is 5.20. The molecule has 10 nitrogen and oxygen atoms in total. The van der Waals surface area contributed by atoms with Crippen molar-refractivity contribution in [1.29, 1.82) is 0 Å². The van der Waals surface area contributed by atoms with E-state index in [0.29, 0.717) is 12.0 Å². The summed E-state index contributed by atoms with van der Waals surface area (Å²) < 4.78 is 17.5. The zero-order valence-corrected chi connectivity index (χ0v) is 20.5. The molecule has 0 atom stereocenters. The number of nitrogens with zero attached hydrogens (tertiary/aromatic N) is 6. The van der Waals surface area contributed by atoms with Crippen LogP contribution in [-0.2, 0) is 9.47 Å². The summed E-state index contributed by atoms with van der Waals surface area (Å²) in [5.74, 6) is 2.48. The van der Waals surface area contributed by atoms with Gasteiger partial charge in [-0.2, -0.15) is 4.98 Å². The first kappa shape index (κ1) is 23.2. The Bertz CT molecular complexity index is 1160. The second kappa shape index (κ2) is 10.8. The molecule has 2 aliphatic heterocycles. The second-order valence-electron chi connectivity index (χ2n) is 9.54. The van der Waals surface area contributed by atoms with E-state index in [2.05, 4.69) is 42.2 Å². The van der Waals surface area contributed by atoms with Crippen LogP contribution < -0.4 is 19.9 Å². The lowest BCUT2D eigenvalue weighted by Gasteiger charge is -2.31. The van der Waals surface area contributed by atoms with Crippen molar-refractivity contribution >= 4 is 28.5 Å². The van der Waals surface area contributed by atoms with Crippen LogP contribution in [0.1, 0.15) is 25.7 Å². The van der Waals surface area contributed by atoms with Crippen molar-refractivity contribution in [3.63, 3.8) is 0 Å². The molecule has 1 aromatic carbocycles. The lowest BCUT2D eigenvalue weighted by Crippen LogP contribution is -2.37. The Morgan fingerprint density at radius 2 is 1.53 bits per heavy atom. The summed E-state index contributed by atoms with van der Waals surface area (Å²) in [5, 5.41) is 3.55. The summed E-state index contributed by atoms with van der Waals surface area (Å²) in [6, 6.07) is 6.53. The lowest BCUT2D eigenvalue weighted by atomic mass is 9.93. The van der Waals surface area contributed by atoms with E-state index in [9.17, 15) is 0 Å². The second-order valence-corrected chi connectivity index (χ2v) is 9.54. The summed E-state index contributed by atoms with van der Waals surface area (Å²) in [6.45, 7) is 6.44. The number of ether oxygens (including phenoxy) is 3. The number of fused-ring (bicyclic) bond motifs is 1. The number of benzene rings is 1. The SMILES string of the molecule is c1cc(N2CCOCC2)nc(N[C@H]2CC[C@@H](Oc3cc(N4CCOCC4)cc4nccnc34)CC2)n1. The molecule has 1 aliphatic carbocycles. The quantitative estimate of drug-likeness (QED) is 0.554. The number of aromatic nitrogens is 4. The topological polar surface area (TPSA) is 97.8 Å². The van der Waals surface area contributed by atoms with Crippen LogP contribution in [-0.4, -0.2) is 84.7 Å². The minimum Gasteiger partial charge on any atom is -0.488 e. The van der Waals surface area contributed by atoms with E-state index < -0.39 is 0 Å². The van der Waals surface area contributed by atoms with Crippen molar-refractivity contribution in [2.24, 2.45) is 0 Å². The summed E-state index contributed by atoms with van der Waals surface area (Å²) >= 11 is 0. The van der Waals surface area contributed by atoms with Gasteiger partial charge in [0.2, 0.25) is 5.95 Å². The molecule has 1 N–H and O–H groups in total. The molecular weight excluding hydrogens is 458 g/mol. The van der Waals surface area contributed by atoms with Crippen molar-refractivity contribution in [1.82, 2.24) is 19.9 Å². The Morgan fingerprint density at radius 3 is 2.31 bits per heavy atom. The third-order valence-corrected chi connectivity index (χ3v) is 7.18.